The number of rotatable bonds is 5. The van der Waals surface area contributed by atoms with Crippen LogP contribution in [0.3, 0.4) is 0 Å². The maximum absolute atomic E-state index is 14.9. The average Bonchev–Trinajstić information content (AvgIpc) is 3.37. The van der Waals surface area contributed by atoms with Crippen molar-refractivity contribution in [3.05, 3.63) is 82.6 Å². The Bertz CT molecular complexity index is 1250. The smallest absolute Gasteiger partial charge is 0.261 e. The third kappa shape index (κ3) is 4.06. The van der Waals surface area contributed by atoms with E-state index in [2.05, 4.69) is 15.4 Å². The van der Waals surface area contributed by atoms with Crippen LogP contribution in [0.4, 0.5) is 23.2 Å². The van der Waals surface area contributed by atoms with Gasteiger partial charge < -0.3 is 5.32 Å². The van der Waals surface area contributed by atoms with E-state index in [9.17, 15) is 22.4 Å². The van der Waals surface area contributed by atoms with Crippen LogP contribution in [0.15, 0.2) is 48.1 Å². The highest BCUT2D eigenvalue weighted by Gasteiger charge is 2.20. The number of thiazole rings is 1. The zero-order valence-electron chi connectivity index (χ0n) is 16.0. The van der Waals surface area contributed by atoms with Gasteiger partial charge in [0, 0.05) is 46.7 Å². The van der Waals surface area contributed by atoms with Crippen LogP contribution in [0.5, 0.6) is 0 Å². The quantitative estimate of drug-likeness (QED) is 0.420. The number of halogens is 4. The third-order valence-corrected chi connectivity index (χ3v) is 5.25. The van der Waals surface area contributed by atoms with Crippen molar-refractivity contribution in [1.82, 2.24) is 14.8 Å². The Labute approximate surface area is 178 Å². The first-order valence-corrected chi connectivity index (χ1v) is 9.99. The molecule has 0 aliphatic carbocycles. The second-order valence-corrected chi connectivity index (χ2v) is 7.37. The molecular formula is C21H14F4N4OS. The molecule has 2 heterocycles. The van der Waals surface area contributed by atoms with E-state index in [1.54, 1.807) is 22.5 Å². The largest absolute Gasteiger partial charge is 0.322 e. The van der Waals surface area contributed by atoms with Gasteiger partial charge in [0.15, 0.2) is 0 Å². The fraction of sp³-hybridized carbons (Fsp3) is 0.0952. The summed E-state index contributed by atoms with van der Waals surface area (Å²) in [5, 5.41) is 9.10. The summed E-state index contributed by atoms with van der Waals surface area (Å²) in [6.45, 7) is 1.89. The number of anilines is 1. The lowest BCUT2D eigenvalue weighted by Gasteiger charge is -2.09. The zero-order valence-corrected chi connectivity index (χ0v) is 16.8. The molecule has 4 rings (SSSR count). The van der Waals surface area contributed by atoms with Crippen molar-refractivity contribution >= 4 is 22.9 Å². The molecule has 0 atom stereocenters. The summed E-state index contributed by atoms with van der Waals surface area (Å²) in [5.41, 5.74) is 0.491. The molecule has 158 valence electrons. The van der Waals surface area contributed by atoms with Crippen LogP contribution in [0, 0.1) is 23.3 Å². The average molecular weight is 446 g/mol. The number of nitrogens with one attached hydrogen (secondary N) is 1. The highest BCUT2D eigenvalue weighted by atomic mass is 32.1. The van der Waals surface area contributed by atoms with Gasteiger partial charge in [0.1, 0.15) is 28.8 Å². The van der Waals surface area contributed by atoms with Crippen LogP contribution in [0.25, 0.3) is 16.3 Å². The number of nitrogens with zero attached hydrogens (tertiary/aromatic N) is 3. The molecule has 0 aliphatic heterocycles. The predicted molar refractivity (Wildman–Crippen MR) is 108 cm³/mol. The minimum atomic E-state index is -1.35. The molecule has 4 aromatic rings. The number of carbonyl (C=O) groups is 1. The van der Waals surface area contributed by atoms with E-state index in [0.717, 1.165) is 6.07 Å². The molecule has 0 bridgehead atoms. The van der Waals surface area contributed by atoms with Crippen LogP contribution in [0.2, 0.25) is 0 Å². The lowest BCUT2D eigenvalue weighted by Crippen LogP contribution is -2.16. The van der Waals surface area contributed by atoms with Gasteiger partial charge in [-0.1, -0.05) is 6.92 Å². The van der Waals surface area contributed by atoms with Crippen molar-refractivity contribution in [3.8, 4) is 16.3 Å². The SMILES string of the molecule is CCc1nn(-c2nccs2)cc1-c1ccc(NC(=O)c2c(F)cc(F)cc2F)cc1F. The summed E-state index contributed by atoms with van der Waals surface area (Å²) in [7, 11) is 0. The van der Waals surface area contributed by atoms with E-state index in [-0.39, 0.29) is 11.3 Å². The van der Waals surface area contributed by atoms with Gasteiger partial charge in [-0.3, -0.25) is 4.79 Å². The second-order valence-electron chi connectivity index (χ2n) is 6.50. The van der Waals surface area contributed by atoms with E-state index >= 15 is 0 Å². The number of carbonyl (C=O) groups excluding carboxylic acids is 1. The van der Waals surface area contributed by atoms with Gasteiger partial charge in [0.25, 0.3) is 5.91 Å². The molecule has 0 saturated carbocycles. The van der Waals surface area contributed by atoms with Crippen molar-refractivity contribution in [1.29, 1.82) is 0 Å². The molecule has 0 unspecified atom stereocenters. The van der Waals surface area contributed by atoms with Crippen LogP contribution in [0.1, 0.15) is 23.0 Å². The Hall–Kier alpha value is -3.53. The number of hydrogen-bond donors (Lipinski definition) is 1. The fourth-order valence-electron chi connectivity index (χ4n) is 3.09. The first kappa shape index (κ1) is 20.7. The van der Waals surface area contributed by atoms with Gasteiger partial charge in [0.05, 0.1) is 5.69 Å². The number of hydrogen-bond acceptors (Lipinski definition) is 4. The fourth-order valence-corrected chi connectivity index (χ4v) is 3.65. The molecule has 0 saturated heterocycles. The first-order valence-electron chi connectivity index (χ1n) is 9.11. The Morgan fingerprint density at radius 1 is 1.06 bits per heavy atom. The third-order valence-electron chi connectivity index (χ3n) is 4.49. The van der Waals surface area contributed by atoms with Gasteiger partial charge in [-0.25, -0.2) is 27.2 Å². The highest BCUT2D eigenvalue weighted by Crippen LogP contribution is 2.30. The molecule has 2 aromatic carbocycles. The van der Waals surface area contributed by atoms with E-state index < -0.39 is 34.7 Å². The number of amides is 1. The predicted octanol–water partition coefficient (Wildman–Crippen LogP) is 5.37. The first-order chi connectivity index (χ1) is 14.9. The summed E-state index contributed by atoms with van der Waals surface area (Å²) in [5.74, 6) is -5.67. The summed E-state index contributed by atoms with van der Waals surface area (Å²) < 4.78 is 57.1. The van der Waals surface area contributed by atoms with Gasteiger partial charge in [-0.15, -0.1) is 11.3 Å². The van der Waals surface area contributed by atoms with Crippen LogP contribution < -0.4 is 5.32 Å². The van der Waals surface area contributed by atoms with Crippen LogP contribution in [-0.4, -0.2) is 20.7 Å². The molecule has 1 amide bonds. The minimum Gasteiger partial charge on any atom is -0.322 e. The molecule has 0 radical (unpaired) electrons. The van der Waals surface area contributed by atoms with Crippen molar-refractivity contribution < 1.29 is 22.4 Å². The lowest BCUT2D eigenvalue weighted by molar-refractivity contribution is 0.101. The standard InChI is InChI=1S/C21H14F4N4OS/c1-2-18-14(10-29(28-18)21-26-5-6-31-21)13-4-3-12(9-15(13)23)27-20(30)19-16(24)7-11(22)8-17(19)25/h3-10H,2H2,1H3,(H,27,30). The number of benzene rings is 2. The molecule has 2 aromatic heterocycles. The summed E-state index contributed by atoms with van der Waals surface area (Å²) in [4.78, 5) is 16.4. The molecular weight excluding hydrogens is 432 g/mol. The molecule has 0 fully saturated rings. The molecule has 5 nitrogen and oxygen atoms in total. The topological polar surface area (TPSA) is 59.8 Å². The highest BCUT2D eigenvalue weighted by molar-refractivity contribution is 7.12. The van der Waals surface area contributed by atoms with E-state index in [0.29, 0.717) is 34.9 Å². The normalized spacial score (nSPS) is 11.0. The van der Waals surface area contributed by atoms with Gasteiger partial charge >= 0.3 is 0 Å². The van der Waals surface area contributed by atoms with E-state index in [1.807, 2.05) is 6.92 Å². The van der Waals surface area contributed by atoms with E-state index in [1.165, 1.54) is 23.5 Å². The van der Waals surface area contributed by atoms with Crippen LogP contribution in [-0.2, 0) is 6.42 Å². The van der Waals surface area contributed by atoms with Gasteiger partial charge in [0.2, 0.25) is 5.13 Å². The molecule has 0 aliphatic rings. The summed E-state index contributed by atoms with van der Waals surface area (Å²) >= 11 is 1.38. The Kier molecular flexibility index (Phi) is 5.55. The lowest BCUT2D eigenvalue weighted by atomic mass is 10.0. The zero-order chi connectivity index (χ0) is 22.1. The van der Waals surface area contributed by atoms with Crippen molar-refractivity contribution in [2.45, 2.75) is 13.3 Å². The van der Waals surface area contributed by atoms with Crippen molar-refractivity contribution in [3.63, 3.8) is 0 Å². The van der Waals surface area contributed by atoms with Gasteiger partial charge in [-0.05, 0) is 24.6 Å². The Morgan fingerprint density at radius 3 is 2.42 bits per heavy atom. The van der Waals surface area contributed by atoms with Crippen LogP contribution >= 0.6 is 11.3 Å². The Balaban J connectivity index is 1.63. The minimum absolute atomic E-state index is 0.0141. The number of aromatic nitrogens is 3. The summed E-state index contributed by atoms with van der Waals surface area (Å²) in [6, 6.07) is 4.66. The Morgan fingerprint density at radius 2 is 1.81 bits per heavy atom. The van der Waals surface area contributed by atoms with Crippen molar-refractivity contribution in [2.24, 2.45) is 0 Å². The monoisotopic (exact) mass is 446 g/mol. The second kappa shape index (κ2) is 8.31. The van der Waals surface area contributed by atoms with Crippen molar-refractivity contribution in [2.75, 3.05) is 5.32 Å². The van der Waals surface area contributed by atoms with E-state index in [4.69, 9.17) is 0 Å². The summed E-state index contributed by atoms with van der Waals surface area (Å²) in [6.07, 6.45) is 3.85. The molecule has 10 heteroatoms. The van der Waals surface area contributed by atoms with Gasteiger partial charge in [-0.2, -0.15) is 5.10 Å². The molecule has 0 spiro atoms. The molecule has 1 N–H and O–H groups in total. The molecule has 31 heavy (non-hydrogen) atoms. The maximum Gasteiger partial charge on any atom is 0.261 e. The number of aryl methyl sites for hydroxylation is 1. The maximum atomic E-state index is 14.9.